The van der Waals surface area contributed by atoms with Crippen molar-refractivity contribution in [1.29, 1.82) is 0 Å². The van der Waals surface area contributed by atoms with Crippen LogP contribution in [0.3, 0.4) is 0 Å². The number of aliphatic hydroxyl groups is 4. The van der Waals surface area contributed by atoms with Crippen LogP contribution in [-0.2, 0) is 82.4 Å². The minimum atomic E-state index is -2.71. The van der Waals surface area contributed by atoms with E-state index in [-0.39, 0.29) is 37.8 Å². The van der Waals surface area contributed by atoms with Crippen molar-refractivity contribution in [3.8, 4) is 0 Å². The number of amides is 1. The number of aliphatic hydroxyl groups excluding tert-OH is 3. The molecule has 0 spiro atoms. The molecule has 22 heteroatoms. The number of carboxylic acid groups (broad SMARTS) is 1. The maximum atomic E-state index is 14.9. The van der Waals surface area contributed by atoms with Gasteiger partial charge in [0.1, 0.15) is 36.4 Å². The molecule has 0 aromatic heterocycles. The summed E-state index contributed by atoms with van der Waals surface area (Å²) in [7, 11) is 6.24. The van der Waals surface area contributed by atoms with E-state index in [9.17, 15) is 34.8 Å². The molecule has 1 aromatic rings. The van der Waals surface area contributed by atoms with Crippen LogP contribution in [0.25, 0.3) is 0 Å². The van der Waals surface area contributed by atoms with E-state index in [1.807, 2.05) is 33.8 Å². The van der Waals surface area contributed by atoms with Crippen LogP contribution >= 0.6 is 0 Å². The average molecular weight is 1230 g/mol. The molecule has 22 nitrogen and oxygen atoms in total. The van der Waals surface area contributed by atoms with Crippen LogP contribution < -0.4 is 5.32 Å². The summed E-state index contributed by atoms with van der Waals surface area (Å²) in [5.41, 5.74) is 0.265. The van der Waals surface area contributed by atoms with Crippen LogP contribution in [0.15, 0.2) is 115 Å². The SMILES string of the molecule is C/C=C\C=C\[C@@H]1O[C@](O)(C(CO[C@@H]2C[C@@H](OC)[C@@H](O[C@H]3C[C@H](OC)[C@H](O[C@@H]4C[C@@H](OC)[C@@H](O)[C@@H](C)O4)[C@@H](C)O3)[C@@H](C)O2)C(=O)NC/C=C/C=C(\C)C(OC)C(C)[C@H]2C[C@@H](O)[C@@H](/C=C/C=C/C=C/C(=O)O)O2)[C@H](OC(=O)Cc2ccccc2)[C@H](O)C1(C)C. The third kappa shape index (κ3) is 19.1. The number of methoxy groups -OCH3 is 4. The lowest BCUT2D eigenvalue weighted by molar-refractivity contribution is -0.368. The van der Waals surface area contributed by atoms with Crippen molar-refractivity contribution in [2.75, 3.05) is 41.6 Å². The van der Waals surface area contributed by atoms with Crippen molar-refractivity contribution in [2.45, 2.75) is 210 Å². The van der Waals surface area contributed by atoms with Gasteiger partial charge in [-0.25, -0.2) is 4.79 Å². The Balaban J connectivity index is 1.19. The number of aliphatic carboxylic acids is 1. The number of hydrogen-bond acceptors (Lipinski definition) is 20. The maximum absolute atomic E-state index is 14.9. The van der Waals surface area contributed by atoms with Gasteiger partial charge in [0.2, 0.25) is 11.7 Å². The predicted octanol–water partition coefficient (Wildman–Crippen LogP) is 5.50. The summed E-state index contributed by atoms with van der Waals surface area (Å²) in [6.45, 7) is 13.9. The van der Waals surface area contributed by atoms with E-state index in [4.69, 9.17) is 66.7 Å². The highest BCUT2D eigenvalue weighted by Crippen LogP contribution is 2.46. The summed E-state index contributed by atoms with van der Waals surface area (Å²) in [5.74, 6) is -7.19. The number of allylic oxidation sites excluding steroid dienone is 9. The number of esters is 1. The number of carbonyl (C=O) groups excluding carboxylic acids is 2. The van der Waals surface area contributed by atoms with Crippen molar-refractivity contribution in [2.24, 2.45) is 17.3 Å². The number of carboxylic acids is 1. The maximum Gasteiger partial charge on any atom is 0.328 e. The Morgan fingerprint density at radius 3 is 1.98 bits per heavy atom. The Morgan fingerprint density at radius 2 is 1.36 bits per heavy atom. The van der Waals surface area contributed by atoms with Gasteiger partial charge in [0.15, 0.2) is 25.0 Å². The molecule has 5 aliphatic heterocycles. The molecule has 22 atom stereocenters. The quantitative estimate of drug-likeness (QED) is 0.0343. The highest BCUT2D eigenvalue weighted by molar-refractivity contribution is 5.81. The molecule has 1 amide bonds. The van der Waals surface area contributed by atoms with E-state index < -0.39 is 152 Å². The lowest BCUT2D eigenvalue weighted by atomic mass is 9.71. The van der Waals surface area contributed by atoms with E-state index >= 15 is 0 Å². The van der Waals surface area contributed by atoms with Gasteiger partial charge in [-0.05, 0) is 45.8 Å². The van der Waals surface area contributed by atoms with Crippen LogP contribution in [0.1, 0.15) is 86.6 Å². The number of ether oxygens (including phenoxy) is 13. The van der Waals surface area contributed by atoms with Crippen molar-refractivity contribution in [3.05, 3.63) is 120 Å². The second-order valence-electron chi connectivity index (χ2n) is 23.5. The van der Waals surface area contributed by atoms with Crippen molar-refractivity contribution >= 4 is 17.8 Å². The van der Waals surface area contributed by atoms with Crippen LogP contribution in [0.2, 0.25) is 0 Å². The van der Waals surface area contributed by atoms with Gasteiger partial charge in [-0.2, -0.15) is 0 Å². The molecule has 1 aromatic carbocycles. The largest absolute Gasteiger partial charge is 0.478 e. The Bertz CT molecular complexity index is 2530. The third-order valence-electron chi connectivity index (χ3n) is 16.9. The zero-order valence-corrected chi connectivity index (χ0v) is 52.2. The standard InChI is InChI=1S/C65H95NO21/c1-13-14-18-29-51-64(7,8)61(72)62(84-53(70)32-43-26-19-17-20-27-43)65(74,87-51)44(63(73)66-31-24-23-25-38(2)58(78-12)39(3)47-33-45(67)46(83-47)28-21-15-16-22-30-52(68)69)37-79-54-35-49(76-10)59(41(5)81-54)86-56-36-50(77-11)60(42(6)82-56)85-55-34-48(75-9)57(71)40(4)80-55/h13-30,39-42,44-51,54-62,67,71-72,74H,31-37H2,1-12H3,(H,66,73)(H,68,69)/b14-13-,16-15+,24-23+,28-21+,29-18+,30-22+,38-25+/t39?,40-,41-,42-,44?,45-,46-,47-,48-,49-,50+,51+,54+,55-,56+,57+,58?,59+,60-,61+,62-,65-/m1/s1. The first-order valence-electron chi connectivity index (χ1n) is 30.0. The molecule has 5 aliphatic rings. The van der Waals surface area contributed by atoms with E-state index in [2.05, 4.69) is 5.32 Å². The molecular formula is C65H95NO21. The van der Waals surface area contributed by atoms with Gasteiger partial charge in [-0.15, -0.1) is 0 Å². The Labute approximate surface area is 512 Å². The first-order valence-corrected chi connectivity index (χ1v) is 30.0. The molecule has 87 heavy (non-hydrogen) atoms. The Morgan fingerprint density at radius 1 is 0.759 bits per heavy atom. The second-order valence-corrected chi connectivity index (χ2v) is 23.5. The van der Waals surface area contributed by atoms with Crippen molar-refractivity contribution in [1.82, 2.24) is 5.32 Å². The molecule has 5 saturated heterocycles. The first kappa shape index (κ1) is 71.2. The van der Waals surface area contributed by atoms with Gasteiger partial charge >= 0.3 is 11.9 Å². The van der Waals surface area contributed by atoms with Crippen LogP contribution in [0.4, 0.5) is 0 Å². The number of benzene rings is 1. The molecule has 5 fully saturated rings. The molecule has 0 saturated carbocycles. The predicted molar refractivity (Wildman–Crippen MR) is 318 cm³/mol. The summed E-state index contributed by atoms with van der Waals surface area (Å²) in [6, 6.07) is 8.84. The molecule has 0 bridgehead atoms. The monoisotopic (exact) mass is 1230 g/mol. The number of hydrogen-bond donors (Lipinski definition) is 6. The number of rotatable bonds is 28. The topological polar surface area (TPSA) is 284 Å². The fraction of sp³-hybridized carbons (Fsp3) is 0.646. The van der Waals surface area contributed by atoms with Gasteiger partial charge in [-0.3, -0.25) is 9.59 Å². The lowest BCUT2D eigenvalue weighted by Gasteiger charge is -2.54. The van der Waals surface area contributed by atoms with E-state index in [1.165, 1.54) is 20.3 Å². The van der Waals surface area contributed by atoms with Gasteiger partial charge in [0.25, 0.3) is 0 Å². The number of carbonyl (C=O) groups is 3. The van der Waals surface area contributed by atoms with Gasteiger partial charge in [0.05, 0.1) is 74.1 Å². The third-order valence-corrected chi connectivity index (χ3v) is 16.9. The molecule has 486 valence electrons. The molecule has 6 rings (SSSR count). The molecule has 0 aliphatic carbocycles. The van der Waals surface area contributed by atoms with Crippen LogP contribution in [0.5, 0.6) is 0 Å². The van der Waals surface area contributed by atoms with Crippen LogP contribution in [-0.4, -0.2) is 207 Å². The first-order chi connectivity index (χ1) is 41.5. The summed E-state index contributed by atoms with van der Waals surface area (Å²) >= 11 is 0. The minimum absolute atomic E-state index is 0.0572. The molecule has 0 radical (unpaired) electrons. The lowest BCUT2D eigenvalue weighted by Crippen LogP contribution is -2.71. The number of nitrogens with one attached hydrogen (secondary N) is 1. The molecule has 3 unspecified atom stereocenters. The Hall–Kier alpha value is -4.83. The highest BCUT2D eigenvalue weighted by atomic mass is 16.7. The normalized spacial score (nSPS) is 36.3. The smallest absolute Gasteiger partial charge is 0.328 e. The van der Waals surface area contributed by atoms with Crippen molar-refractivity contribution < 1.29 is 101 Å². The second kappa shape index (κ2) is 33.8. The van der Waals surface area contributed by atoms with E-state index in [0.717, 1.165) is 11.6 Å². The zero-order valence-electron chi connectivity index (χ0n) is 52.2. The Kier molecular flexibility index (Phi) is 27.7. The zero-order chi connectivity index (χ0) is 63.6. The van der Waals surface area contributed by atoms with E-state index in [1.54, 1.807) is 133 Å². The van der Waals surface area contributed by atoms with E-state index in [0.29, 0.717) is 18.4 Å². The fourth-order valence-corrected chi connectivity index (χ4v) is 11.8. The van der Waals surface area contributed by atoms with Crippen LogP contribution in [0, 0.1) is 17.3 Å². The minimum Gasteiger partial charge on any atom is -0.478 e. The highest BCUT2D eigenvalue weighted by Gasteiger charge is 2.63. The summed E-state index contributed by atoms with van der Waals surface area (Å²) in [6.07, 6.45) is 7.66. The summed E-state index contributed by atoms with van der Waals surface area (Å²) in [4.78, 5) is 39.5. The van der Waals surface area contributed by atoms with Gasteiger partial charge in [-0.1, -0.05) is 124 Å². The van der Waals surface area contributed by atoms with Gasteiger partial charge < -0.3 is 92.4 Å². The van der Waals surface area contributed by atoms with Crippen molar-refractivity contribution in [3.63, 3.8) is 0 Å². The summed E-state index contributed by atoms with van der Waals surface area (Å²) in [5, 5.41) is 58.5. The molecule has 6 N–H and O–H groups in total. The molecule has 5 heterocycles. The summed E-state index contributed by atoms with van der Waals surface area (Å²) < 4.78 is 80.6. The average Bonchev–Trinajstić information content (AvgIpc) is 1.73. The molecular weight excluding hydrogens is 1130 g/mol. The van der Waals surface area contributed by atoms with Gasteiger partial charge in [0, 0.05) is 78.1 Å². The fourth-order valence-electron chi connectivity index (χ4n) is 11.8.